The number of anilines is 1. The van der Waals surface area contributed by atoms with E-state index in [1.54, 1.807) is 19.2 Å². The third-order valence-electron chi connectivity index (χ3n) is 4.10. The second kappa shape index (κ2) is 6.96. The van der Waals surface area contributed by atoms with E-state index in [4.69, 9.17) is 4.74 Å². The fourth-order valence-corrected chi connectivity index (χ4v) is 2.87. The Morgan fingerprint density at radius 2 is 2.38 bits per heavy atom. The molecule has 2 aromatic rings. The monoisotopic (exact) mass is 334 g/mol. The first-order valence-electron chi connectivity index (χ1n) is 7.81. The molecule has 2 heterocycles. The maximum atomic E-state index is 14.1. The number of carbonyl (C=O) groups is 2. The van der Waals surface area contributed by atoms with Crippen molar-refractivity contribution in [2.45, 2.75) is 12.8 Å². The summed E-state index contributed by atoms with van der Waals surface area (Å²) in [7, 11) is 1.60. The summed E-state index contributed by atoms with van der Waals surface area (Å²) in [5.41, 5.74) is 0.519. The van der Waals surface area contributed by atoms with Gasteiger partial charge in [-0.25, -0.2) is 4.39 Å². The van der Waals surface area contributed by atoms with Gasteiger partial charge in [-0.2, -0.15) is 5.10 Å². The molecule has 1 saturated heterocycles. The third-order valence-corrected chi connectivity index (χ3v) is 4.10. The van der Waals surface area contributed by atoms with Crippen LogP contribution in [0.3, 0.4) is 0 Å². The van der Waals surface area contributed by atoms with Crippen molar-refractivity contribution in [1.29, 1.82) is 0 Å². The van der Waals surface area contributed by atoms with E-state index in [0.717, 1.165) is 0 Å². The van der Waals surface area contributed by atoms with Gasteiger partial charge in [0.2, 0.25) is 11.8 Å². The molecule has 1 aromatic carbocycles. The van der Waals surface area contributed by atoms with Crippen molar-refractivity contribution in [2.75, 3.05) is 31.7 Å². The number of ether oxygens (including phenoxy) is 1. The lowest BCUT2D eigenvalue weighted by molar-refractivity contribution is -0.126. The average Bonchev–Trinajstić information content (AvgIpc) is 3.15. The zero-order valence-corrected chi connectivity index (χ0v) is 13.3. The SMILES string of the molecule is COCCCNC(=O)[C@H]1CC(=O)N(c2n[nH]c3cccc(F)c23)C1. The van der Waals surface area contributed by atoms with Crippen LogP contribution >= 0.6 is 0 Å². The largest absolute Gasteiger partial charge is 0.385 e. The Labute approximate surface area is 138 Å². The van der Waals surface area contributed by atoms with Gasteiger partial charge in [0.1, 0.15) is 5.82 Å². The van der Waals surface area contributed by atoms with Crippen LogP contribution in [-0.4, -0.2) is 48.8 Å². The van der Waals surface area contributed by atoms with Gasteiger partial charge in [0, 0.05) is 33.2 Å². The summed E-state index contributed by atoms with van der Waals surface area (Å²) in [6.07, 6.45) is 0.806. The summed E-state index contributed by atoms with van der Waals surface area (Å²) in [5.74, 6) is -1.08. The smallest absolute Gasteiger partial charge is 0.229 e. The summed E-state index contributed by atoms with van der Waals surface area (Å²) in [4.78, 5) is 25.8. The number of hydrogen-bond acceptors (Lipinski definition) is 4. The Kier molecular flexibility index (Phi) is 4.75. The predicted molar refractivity (Wildman–Crippen MR) is 86.0 cm³/mol. The van der Waals surface area contributed by atoms with Crippen molar-refractivity contribution in [2.24, 2.45) is 5.92 Å². The van der Waals surface area contributed by atoms with Crippen LogP contribution in [-0.2, 0) is 14.3 Å². The quantitative estimate of drug-likeness (QED) is 0.777. The standard InChI is InChI=1S/C16H19FN4O3/c1-24-7-3-6-18-16(23)10-8-13(22)21(9-10)15-14-11(17)4-2-5-12(14)19-20-15/h2,4-5,10H,3,6-9H2,1H3,(H,18,23)(H,19,20)/t10-/m0/s1. The van der Waals surface area contributed by atoms with E-state index in [1.807, 2.05) is 0 Å². The topological polar surface area (TPSA) is 87.3 Å². The van der Waals surface area contributed by atoms with Crippen LogP contribution in [0.25, 0.3) is 10.9 Å². The number of aromatic nitrogens is 2. The Hall–Kier alpha value is -2.48. The molecule has 1 atom stereocenters. The molecule has 1 aliphatic heterocycles. The predicted octanol–water partition coefficient (Wildman–Crippen LogP) is 1.21. The summed E-state index contributed by atoms with van der Waals surface area (Å²) < 4.78 is 19.0. The van der Waals surface area contributed by atoms with Crippen molar-refractivity contribution in [3.63, 3.8) is 0 Å². The van der Waals surface area contributed by atoms with E-state index in [0.29, 0.717) is 25.1 Å². The van der Waals surface area contributed by atoms with Gasteiger partial charge >= 0.3 is 0 Å². The Balaban J connectivity index is 1.71. The minimum Gasteiger partial charge on any atom is -0.385 e. The molecule has 24 heavy (non-hydrogen) atoms. The molecule has 2 amide bonds. The first-order chi connectivity index (χ1) is 11.6. The number of carbonyl (C=O) groups excluding carboxylic acids is 2. The molecule has 128 valence electrons. The molecule has 1 fully saturated rings. The van der Waals surface area contributed by atoms with Crippen molar-refractivity contribution in [3.05, 3.63) is 24.0 Å². The Morgan fingerprint density at radius 3 is 3.17 bits per heavy atom. The molecule has 0 unspecified atom stereocenters. The number of methoxy groups -OCH3 is 1. The van der Waals surface area contributed by atoms with Gasteiger partial charge in [-0.05, 0) is 18.6 Å². The van der Waals surface area contributed by atoms with Crippen LogP contribution in [0.1, 0.15) is 12.8 Å². The minimum atomic E-state index is -0.460. The van der Waals surface area contributed by atoms with E-state index < -0.39 is 11.7 Å². The molecule has 0 radical (unpaired) electrons. The number of H-pyrrole nitrogens is 1. The fraction of sp³-hybridized carbons (Fsp3) is 0.438. The summed E-state index contributed by atoms with van der Waals surface area (Å²) in [6, 6.07) is 4.58. The van der Waals surface area contributed by atoms with Crippen molar-refractivity contribution >= 4 is 28.5 Å². The highest BCUT2D eigenvalue weighted by molar-refractivity contribution is 6.05. The second-order valence-corrected chi connectivity index (χ2v) is 5.75. The highest BCUT2D eigenvalue weighted by Gasteiger charge is 2.37. The zero-order valence-electron chi connectivity index (χ0n) is 13.3. The van der Waals surface area contributed by atoms with Gasteiger partial charge in [0.05, 0.1) is 16.8 Å². The van der Waals surface area contributed by atoms with Crippen LogP contribution in [0.15, 0.2) is 18.2 Å². The molecule has 0 saturated carbocycles. The van der Waals surface area contributed by atoms with E-state index in [1.165, 1.54) is 11.0 Å². The molecule has 3 rings (SSSR count). The van der Waals surface area contributed by atoms with Crippen LogP contribution in [0.4, 0.5) is 10.2 Å². The number of aromatic amines is 1. The lowest BCUT2D eigenvalue weighted by Crippen LogP contribution is -2.34. The minimum absolute atomic E-state index is 0.0961. The average molecular weight is 334 g/mol. The fourth-order valence-electron chi connectivity index (χ4n) is 2.87. The second-order valence-electron chi connectivity index (χ2n) is 5.75. The Morgan fingerprint density at radius 1 is 1.54 bits per heavy atom. The third kappa shape index (κ3) is 3.09. The number of nitrogens with zero attached hydrogens (tertiary/aromatic N) is 2. The molecular weight excluding hydrogens is 315 g/mol. The number of nitrogens with one attached hydrogen (secondary N) is 2. The first-order valence-corrected chi connectivity index (χ1v) is 7.81. The lowest BCUT2D eigenvalue weighted by atomic mass is 10.1. The first kappa shape index (κ1) is 16.4. The van der Waals surface area contributed by atoms with Crippen molar-refractivity contribution < 1.29 is 18.7 Å². The van der Waals surface area contributed by atoms with Gasteiger partial charge < -0.3 is 10.1 Å². The molecule has 0 aliphatic carbocycles. The van der Waals surface area contributed by atoms with E-state index in [-0.39, 0.29) is 36.0 Å². The number of rotatable bonds is 6. The highest BCUT2D eigenvalue weighted by Crippen LogP contribution is 2.31. The number of benzene rings is 1. The van der Waals surface area contributed by atoms with Crippen LogP contribution < -0.4 is 10.2 Å². The molecule has 7 nitrogen and oxygen atoms in total. The molecule has 1 aromatic heterocycles. The van der Waals surface area contributed by atoms with Crippen molar-refractivity contribution in [3.8, 4) is 0 Å². The van der Waals surface area contributed by atoms with Crippen LogP contribution in [0.2, 0.25) is 0 Å². The lowest BCUT2D eigenvalue weighted by Gasteiger charge is -2.14. The maximum absolute atomic E-state index is 14.1. The normalized spacial score (nSPS) is 17.7. The number of fused-ring (bicyclic) bond motifs is 1. The van der Waals surface area contributed by atoms with Gasteiger partial charge in [0.15, 0.2) is 5.82 Å². The maximum Gasteiger partial charge on any atom is 0.229 e. The molecule has 8 heteroatoms. The number of hydrogen-bond donors (Lipinski definition) is 2. The van der Waals surface area contributed by atoms with Crippen LogP contribution in [0, 0.1) is 11.7 Å². The molecule has 1 aliphatic rings. The van der Waals surface area contributed by atoms with E-state index in [2.05, 4.69) is 15.5 Å². The summed E-state index contributed by atoms with van der Waals surface area (Å²) in [5, 5.41) is 9.85. The summed E-state index contributed by atoms with van der Waals surface area (Å²) >= 11 is 0. The van der Waals surface area contributed by atoms with Gasteiger partial charge in [-0.3, -0.25) is 19.6 Å². The van der Waals surface area contributed by atoms with Crippen LogP contribution in [0.5, 0.6) is 0 Å². The van der Waals surface area contributed by atoms with Gasteiger partial charge in [-0.15, -0.1) is 0 Å². The molecule has 2 N–H and O–H groups in total. The summed E-state index contributed by atoms with van der Waals surface area (Å²) in [6.45, 7) is 1.26. The number of halogens is 1. The molecule has 0 bridgehead atoms. The van der Waals surface area contributed by atoms with E-state index in [9.17, 15) is 14.0 Å². The van der Waals surface area contributed by atoms with Gasteiger partial charge in [-0.1, -0.05) is 6.07 Å². The highest BCUT2D eigenvalue weighted by atomic mass is 19.1. The van der Waals surface area contributed by atoms with Crippen molar-refractivity contribution in [1.82, 2.24) is 15.5 Å². The zero-order chi connectivity index (χ0) is 17.1. The van der Waals surface area contributed by atoms with Gasteiger partial charge in [0.25, 0.3) is 0 Å². The number of amides is 2. The molecule has 0 spiro atoms. The Bertz CT molecular complexity index is 761. The van der Waals surface area contributed by atoms with E-state index >= 15 is 0 Å². The molecular formula is C16H19FN4O3.